The fourth-order valence-electron chi connectivity index (χ4n) is 1.60. The van der Waals surface area contributed by atoms with E-state index in [-0.39, 0.29) is 30.6 Å². The van der Waals surface area contributed by atoms with Crippen molar-refractivity contribution in [3.63, 3.8) is 0 Å². The van der Waals surface area contributed by atoms with Crippen LogP contribution >= 0.6 is 0 Å². The molecule has 2 rings (SSSR count). The number of ether oxygens (including phenoxy) is 1. The second-order valence-corrected chi connectivity index (χ2v) is 4.11. The molecular weight excluding hydrogens is 244 g/mol. The van der Waals surface area contributed by atoms with Gasteiger partial charge >= 0.3 is 0 Å². The summed E-state index contributed by atoms with van der Waals surface area (Å²) in [7, 11) is 0. The van der Waals surface area contributed by atoms with E-state index in [1.807, 2.05) is 0 Å². The second kappa shape index (κ2) is 5.90. The van der Waals surface area contributed by atoms with Gasteiger partial charge in [0.05, 0.1) is 6.61 Å². The minimum atomic E-state index is -2.47. The number of anilines is 1. The molecular formula is C11H15F2N3O2. The van der Waals surface area contributed by atoms with E-state index in [0.29, 0.717) is 0 Å². The normalized spacial score (nSPS) is 15.1. The molecule has 0 spiro atoms. The van der Waals surface area contributed by atoms with Gasteiger partial charge in [0.25, 0.3) is 12.0 Å². The summed E-state index contributed by atoms with van der Waals surface area (Å²) in [6.07, 6.45) is 2.79. The van der Waals surface area contributed by atoms with E-state index in [1.54, 1.807) is 17.0 Å². The smallest absolute Gasteiger partial charge is 0.293 e. The summed E-state index contributed by atoms with van der Waals surface area (Å²) in [6, 6.07) is 0.288. The van der Waals surface area contributed by atoms with E-state index in [4.69, 9.17) is 4.74 Å². The first kappa shape index (κ1) is 12.9. The van der Waals surface area contributed by atoms with Gasteiger partial charge in [0, 0.05) is 25.0 Å². The highest BCUT2D eigenvalue weighted by atomic mass is 19.3. The van der Waals surface area contributed by atoms with Gasteiger partial charge in [-0.1, -0.05) is 0 Å². The van der Waals surface area contributed by atoms with Crippen LogP contribution in [0.4, 0.5) is 14.6 Å². The van der Waals surface area contributed by atoms with Crippen LogP contribution in [0.3, 0.4) is 0 Å². The molecule has 18 heavy (non-hydrogen) atoms. The van der Waals surface area contributed by atoms with Crippen LogP contribution in [0, 0.1) is 0 Å². The Morgan fingerprint density at radius 1 is 1.56 bits per heavy atom. The van der Waals surface area contributed by atoms with E-state index >= 15 is 0 Å². The number of hydrogen-bond acceptors (Lipinski definition) is 4. The summed E-state index contributed by atoms with van der Waals surface area (Å²) in [5.41, 5.74) is -0.172. The van der Waals surface area contributed by atoms with Crippen molar-refractivity contribution in [1.82, 2.24) is 9.55 Å². The molecule has 1 aromatic heterocycles. The molecule has 1 saturated carbocycles. The average Bonchev–Trinajstić information content (AvgIpc) is 3.14. The standard InChI is InChI=1S/C11H15F2N3O2/c12-9(13)7-18-6-4-15-10-11(17)16(5-3-14-10)8-1-2-8/h3,5,8-9H,1-2,4,6-7H2,(H,14,15). The Morgan fingerprint density at radius 2 is 2.33 bits per heavy atom. The lowest BCUT2D eigenvalue weighted by Gasteiger charge is -2.08. The third-order valence-corrected chi connectivity index (χ3v) is 2.59. The Morgan fingerprint density at radius 3 is 3.00 bits per heavy atom. The van der Waals surface area contributed by atoms with Gasteiger partial charge in [-0.3, -0.25) is 4.79 Å². The molecule has 0 bridgehead atoms. The minimum Gasteiger partial charge on any atom is -0.374 e. The fraction of sp³-hybridized carbons (Fsp3) is 0.636. The number of halogens is 2. The topological polar surface area (TPSA) is 56.1 Å². The van der Waals surface area contributed by atoms with E-state index in [0.717, 1.165) is 12.8 Å². The van der Waals surface area contributed by atoms with Gasteiger partial charge in [0.2, 0.25) is 0 Å². The third kappa shape index (κ3) is 3.49. The largest absolute Gasteiger partial charge is 0.374 e. The van der Waals surface area contributed by atoms with E-state index < -0.39 is 13.0 Å². The summed E-state index contributed by atoms with van der Waals surface area (Å²) < 4.78 is 29.9. The maximum Gasteiger partial charge on any atom is 0.293 e. The number of aromatic nitrogens is 2. The van der Waals surface area contributed by atoms with Gasteiger partial charge in [-0.15, -0.1) is 0 Å². The van der Waals surface area contributed by atoms with Gasteiger partial charge in [0.1, 0.15) is 6.61 Å². The summed E-state index contributed by atoms with van der Waals surface area (Å²) in [5.74, 6) is 0.241. The zero-order valence-electron chi connectivity index (χ0n) is 9.81. The lowest BCUT2D eigenvalue weighted by atomic mass is 10.5. The molecule has 0 radical (unpaired) electrons. The molecule has 0 atom stereocenters. The van der Waals surface area contributed by atoms with Crippen molar-refractivity contribution in [1.29, 1.82) is 0 Å². The Kier molecular flexibility index (Phi) is 4.24. The molecule has 7 heteroatoms. The third-order valence-electron chi connectivity index (χ3n) is 2.59. The van der Waals surface area contributed by atoms with Crippen molar-refractivity contribution in [3.05, 3.63) is 22.7 Å². The van der Waals surface area contributed by atoms with Crippen molar-refractivity contribution < 1.29 is 13.5 Å². The van der Waals surface area contributed by atoms with E-state index in [1.165, 1.54) is 0 Å². The molecule has 5 nitrogen and oxygen atoms in total. The zero-order valence-corrected chi connectivity index (χ0v) is 9.81. The zero-order chi connectivity index (χ0) is 13.0. The summed E-state index contributed by atoms with van der Waals surface area (Å²) in [4.78, 5) is 15.8. The predicted octanol–water partition coefficient (Wildman–Crippen LogP) is 1.27. The molecule has 1 aliphatic rings. The molecule has 1 aliphatic carbocycles. The molecule has 1 N–H and O–H groups in total. The molecule has 0 aromatic carbocycles. The van der Waals surface area contributed by atoms with Gasteiger partial charge in [0.15, 0.2) is 5.82 Å². The maximum atomic E-state index is 11.9. The molecule has 1 heterocycles. The summed E-state index contributed by atoms with van der Waals surface area (Å²) in [5, 5.41) is 2.80. The first-order valence-corrected chi connectivity index (χ1v) is 5.85. The van der Waals surface area contributed by atoms with Crippen LogP contribution in [0.2, 0.25) is 0 Å². The Bertz CT molecular complexity index is 446. The number of nitrogens with zero attached hydrogens (tertiary/aromatic N) is 2. The van der Waals surface area contributed by atoms with Crippen LogP contribution in [-0.4, -0.2) is 35.7 Å². The molecule has 0 saturated heterocycles. The van der Waals surface area contributed by atoms with Crippen molar-refractivity contribution in [2.24, 2.45) is 0 Å². The molecule has 0 amide bonds. The highest BCUT2D eigenvalue weighted by molar-refractivity contribution is 5.31. The number of hydrogen-bond donors (Lipinski definition) is 1. The quantitative estimate of drug-likeness (QED) is 0.749. The van der Waals surface area contributed by atoms with Gasteiger partial charge in [-0.25, -0.2) is 13.8 Å². The van der Waals surface area contributed by atoms with Crippen molar-refractivity contribution in [2.45, 2.75) is 25.3 Å². The summed E-state index contributed by atoms with van der Waals surface area (Å²) >= 11 is 0. The molecule has 1 aromatic rings. The fourth-order valence-corrected chi connectivity index (χ4v) is 1.60. The molecule has 0 aliphatic heterocycles. The maximum absolute atomic E-state index is 11.9. The van der Waals surface area contributed by atoms with Gasteiger partial charge < -0.3 is 14.6 Å². The minimum absolute atomic E-state index is 0.115. The van der Waals surface area contributed by atoms with Gasteiger partial charge in [-0.2, -0.15) is 0 Å². The van der Waals surface area contributed by atoms with Crippen LogP contribution in [0.15, 0.2) is 17.2 Å². The molecule has 0 unspecified atom stereocenters. The lowest BCUT2D eigenvalue weighted by molar-refractivity contribution is 0.0214. The highest BCUT2D eigenvalue weighted by Gasteiger charge is 2.25. The Labute approximate surface area is 103 Å². The average molecular weight is 259 g/mol. The van der Waals surface area contributed by atoms with Crippen LogP contribution in [0.5, 0.6) is 0 Å². The number of alkyl halides is 2. The highest BCUT2D eigenvalue weighted by Crippen LogP contribution is 2.33. The second-order valence-electron chi connectivity index (χ2n) is 4.11. The molecule has 1 fully saturated rings. The lowest BCUT2D eigenvalue weighted by Crippen LogP contribution is -2.25. The van der Waals surface area contributed by atoms with E-state index in [9.17, 15) is 13.6 Å². The van der Waals surface area contributed by atoms with Gasteiger partial charge in [-0.05, 0) is 12.8 Å². The Hall–Kier alpha value is -1.50. The van der Waals surface area contributed by atoms with E-state index in [2.05, 4.69) is 10.3 Å². The van der Waals surface area contributed by atoms with Crippen LogP contribution in [0.25, 0.3) is 0 Å². The molecule has 100 valence electrons. The first-order valence-electron chi connectivity index (χ1n) is 5.85. The van der Waals surface area contributed by atoms with Crippen molar-refractivity contribution in [3.8, 4) is 0 Å². The van der Waals surface area contributed by atoms with Crippen molar-refractivity contribution in [2.75, 3.05) is 25.1 Å². The van der Waals surface area contributed by atoms with Crippen LogP contribution in [-0.2, 0) is 4.74 Å². The SMILES string of the molecule is O=c1c(NCCOCC(F)F)nccn1C1CC1. The predicted molar refractivity (Wildman–Crippen MR) is 62.1 cm³/mol. The van der Waals surface area contributed by atoms with Crippen LogP contribution in [0.1, 0.15) is 18.9 Å². The first-order chi connectivity index (χ1) is 8.68. The monoisotopic (exact) mass is 259 g/mol. The summed E-state index contributed by atoms with van der Waals surface area (Å²) in [6.45, 7) is -0.191. The van der Waals surface area contributed by atoms with Crippen LogP contribution < -0.4 is 10.9 Å². The number of rotatable bonds is 7. The Balaban J connectivity index is 1.82. The van der Waals surface area contributed by atoms with Crippen molar-refractivity contribution >= 4 is 5.82 Å². The number of nitrogens with one attached hydrogen (secondary N) is 1.